The number of benzene rings is 1. The van der Waals surface area contributed by atoms with Crippen LogP contribution in [-0.4, -0.2) is 34.2 Å². The molecule has 74 valence electrons. The summed E-state index contributed by atoms with van der Waals surface area (Å²) in [7, 11) is 0. The Labute approximate surface area is 82.7 Å². The molecule has 3 nitrogen and oxygen atoms in total. The maximum Gasteiger partial charge on any atom is 0.124 e. The maximum absolute atomic E-state index is 9.70. The monoisotopic (exact) mass is 191 g/mol. The van der Waals surface area contributed by atoms with Crippen LogP contribution in [0.1, 0.15) is 12.5 Å². The normalized spacial score (nSPS) is 31.6. The lowest BCUT2D eigenvalue weighted by molar-refractivity contribution is 0.0593. The van der Waals surface area contributed by atoms with Crippen molar-refractivity contribution in [3.63, 3.8) is 0 Å². The first kappa shape index (κ1) is 9.37. The Kier molecular flexibility index (Phi) is 2.35. The summed E-state index contributed by atoms with van der Waals surface area (Å²) in [5.74, 6) is 0. The van der Waals surface area contributed by atoms with Crippen molar-refractivity contribution in [2.24, 2.45) is 4.99 Å². The molecule has 3 atom stereocenters. The summed E-state index contributed by atoms with van der Waals surface area (Å²) in [6.07, 6.45) is -1.63. The van der Waals surface area contributed by atoms with E-state index in [0.717, 1.165) is 5.56 Å². The van der Waals surface area contributed by atoms with Gasteiger partial charge in [0.15, 0.2) is 0 Å². The fraction of sp³-hybridized carbons (Fsp3) is 0.364. The smallest absolute Gasteiger partial charge is 0.124 e. The largest absolute Gasteiger partial charge is 0.388 e. The molecule has 0 saturated heterocycles. The highest BCUT2D eigenvalue weighted by molar-refractivity contribution is 6.05. The Morgan fingerprint density at radius 2 is 1.79 bits per heavy atom. The van der Waals surface area contributed by atoms with Crippen LogP contribution in [0.5, 0.6) is 0 Å². The van der Waals surface area contributed by atoms with Gasteiger partial charge in [-0.1, -0.05) is 30.3 Å². The Morgan fingerprint density at radius 3 is 2.29 bits per heavy atom. The molecular weight excluding hydrogens is 178 g/mol. The zero-order valence-corrected chi connectivity index (χ0v) is 7.96. The third-order valence-electron chi connectivity index (χ3n) is 2.51. The van der Waals surface area contributed by atoms with Gasteiger partial charge < -0.3 is 10.2 Å². The van der Waals surface area contributed by atoms with Crippen LogP contribution in [0.2, 0.25) is 0 Å². The van der Waals surface area contributed by atoms with E-state index < -0.39 is 12.2 Å². The molecule has 0 saturated carbocycles. The number of aliphatic hydroxyl groups excluding tert-OH is 2. The van der Waals surface area contributed by atoms with Gasteiger partial charge in [0, 0.05) is 0 Å². The quantitative estimate of drug-likeness (QED) is 0.683. The second-order valence-corrected chi connectivity index (χ2v) is 3.56. The first-order chi connectivity index (χ1) is 6.70. The van der Waals surface area contributed by atoms with E-state index in [1.165, 1.54) is 0 Å². The summed E-state index contributed by atoms with van der Waals surface area (Å²) >= 11 is 0. The summed E-state index contributed by atoms with van der Waals surface area (Å²) in [4.78, 5) is 4.24. The van der Waals surface area contributed by atoms with Crippen molar-refractivity contribution in [3.05, 3.63) is 35.9 Å². The van der Waals surface area contributed by atoms with Crippen molar-refractivity contribution in [1.29, 1.82) is 0 Å². The van der Waals surface area contributed by atoms with Crippen molar-refractivity contribution in [2.75, 3.05) is 0 Å². The minimum Gasteiger partial charge on any atom is -0.388 e. The summed E-state index contributed by atoms with van der Waals surface area (Å²) in [5, 5.41) is 19.2. The van der Waals surface area contributed by atoms with Gasteiger partial charge in [0.05, 0.1) is 11.8 Å². The number of hydrogen-bond donors (Lipinski definition) is 2. The van der Waals surface area contributed by atoms with Gasteiger partial charge in [0.2, 0.25) is 0 Å². The Bertz CT molecular complexity index is 348. The zero-order valence-electron chi connectivity index (χ0n) is 7.96. The number of nitrogens with zero attached hydrogens (tertiary/aromatic N) is 1. The van der Waals surface area contributed by atoms with Gasteiger partial charge in [-0.3, -0.25) is 4.99 Å². The predicted molar refractivity (Wildman–Crippen MR) is 54.5 cm³/mol. The molecular formula is C11H13NO2. The molecule has 1 heterocycles. The minimum absolute atomic E-state index is 0.222. The second kappa shape index (κ2) is 3.52. The van der Waals surface area contributed by atoms with Crippen LogP contribution in [0.4, 0.5) is 0 Å². The summed E-state index contributed by atoms with van der Waals surface area (Å²) in [6, 6.07) is 9.23. The first-order valence-electron chi connectivity index (χ1n) is 4.69. The molecule has 2 N–H and O–H groups in total. The molecule has 1 aromatic carbocycles. The van der Waals surface area contributed by atoms with Crippen LogP contribution in [0.25, 0.3) is 0 Å². The van der Waals surface area contributed by atoms with Gasteiger partial charge in [-0.2, -0.15) is 0 Å². The van der Waals surface area contributed by atoms with E-state index in [0.29, 0.717) is 5.71 Å². The van der Waals surface area contributed by atoms with E-state index >= 15 is 0 Å². The number of hydrogen-bond acceptors (Lipinski definition) is 3. The molecule has 1 aromatic rings. The molecule has 0 radical (unpaired) electrons. The maximum atomic E-state index is 9.70. The second-order valence-electron chi connectivity index (χ2n) is 3.56. The molecule has 0 aliphatic carbocycles. The highest BCUT2D eigenvalue weighted by Crippen LogP contribution is 2.19. The van der Waals surface area contributed by atoms with Crippen LogP contribution >= 0.6 is 0 Å². The van der Waals surface area contributed by atoms with Crippen molar-refractivity contribution >= 4 is 5.71 Å². The molecule has 1 aliphatic rings. The zero-order chi connectivity index (χ0) is 10.1. The SMILES string of the molecule is CC1N=C(c2ccccc2)C(O)C1O. The Hall–Kier alpha value is -1.19. The molecule has 3 unspecified atom stereocenters. The average Bonchev–Trinajstić information content (AvgIpc) is 2.47. The summed E-state index contributed by atoms with van der Waals surface area (Å²) < 4.78 is 0. The standard InChI is InChI=1S/C11H13NO2/c1-7-10(13)11(14)9(12-7)8-5-3-2-4-6-8/h2-7,10-11,13-14H,1H3. The van der Waals surface area contributed by atoms with Crippen molar-refractivity contribution in [3.8, 4) is 0 Å². The lowest BCUT2D eigenvalue weighted by Crippen LogP contribution is -2.32. The van der Waals surface area contributed by atoms with Gasteiger partial charge in [-0.15, -0.1) is 0 Å². The molecule has 0 fully saturated rings. The molecule has 0 aromatic heterocycles. The number of rotatable bonds is 1. The lowest BCUT2D eigenvalue weighted by Gasteiger charge is -2.11. The summed E-state index contributed by atoms with van der Waals surface area (Å²) in [5.41, 5.74) is 1.47. The van der Waals surface area contributed by atoms with Crippen LogP contribution in [0.3, 0.4) is 0 Å². The van der Waals surface area contributed by atoms with E-state index in [4.69, 9.17) is 0 Å². The first-order valence-corrected chi connectivity index (χ1v) is 4.69. The third kappa shape index (κ3) is 1.45. The fourth-order valence-corrected chi connectivity index (χ4v) is 1.65. The van der Waals surface area contributed by atoms with Gasteiger partial charge in [0.1, 0.15) is 12.2 Å². The highest BCUT2D eigenvalue weighted by atomic mass is 16.3. The molecule has 3 heteroatoms. The topological polar surface area (TPSA) is 52.8 Å². The number of aliphatic hydroxyl groups is 2. The molecule has 0 bridgehead atoms. The van der Waals surface area contributed by atoms with Crippen LogP contribution in [0, 0.1) is 0 Å². The van der Waals surface area contributed by atoms with Crippen molar-refractivity contribution in [1.82, 2.24) is 0 Å². The molecule has 0 amide bonds. The highest BCUT2D eigenvalue weighted by Gasteiger charge is 2.33. The van der Waals surface area contributed by atoms with Gasteiger partial charge in [-0.25, -0.2) is 0 Å². The lowest BCUT2D eigenvalue weighted by atomic mass is 10.0. The van der Waals surface area contributed by atoms with Gasteiger partial charge >= 0.3 is 0 Å². The summed E-state index contributed by atoms with van der Waals surface area (Å²) in [6.45, 7) is 1.80. The molecule has 2 rings (SSSR count). The average molecular weight is 191 g/mol. The Morgan fingerprint density at radius 1 is 1.14 bits per heavy atom. The van der Waals surface area contributed by atoms with E-state index in [1.807, 2.05) is 30.3 Å². The molecule has 14 heavy (non-hydrogen) atoms. The fourth-order valence-electron chi connectivity index (χ4n) is 1.65. The molecule has 0 spiro atoms. The van der Waals surface area contributed by atoms with E-state index in [-0.39, 0.29) is 6.04 Å². The van der Waals surface area contributed by atoms with E-state index in [1.54, 1.807) is 6.92 Å². The van der Waals surface area contributed by atoms with Crippen LogP contribution < -0.4 is 0 Å². The van der Waals surface area contributed by atoms with Crippen LogP contribution in [0.15, 0.2) is 35.3 Å². The Balaban J connectivity index is 2.33. The van der Waals surface area contributed by atoms with Gasteiger partial charge in [-0.05, 0) is 12.5 Å². The van der Waals surface area contributed by atoms with Crippen LogP contribution in [-0.2, 0) is 0 Å². The molecule has 1 aliphatic heterocycles. The third-order valence-corrected chi connectivity index (χ3v) is 2.51. The minimum atomic E-state index is -0.854. The van der Waals surface area contributed by atoms with Gasteiger partial charge in [0.25, 0.3) is 0 Å². The number of aliphatic imine (C=N–C) groups is 1. The van der Waals surface area contributed by atoms with E-state index in [2.05, 4.69) is 4.99 Å². The predicted octanol–water partition coefficient (Wildman–Crippen LogP) is 0.600. The van der Waals surface area contributed by atoms with Crippen molar-refractivity contribution in [2.45, 2.75) is 25.2 Å². The van der Waals surface area contributed by atoms with E-state index in [9.17, 15) is 10.2 Å². The van der Waals surface area contributed by atoms with Crippen molar-refractivity contribution < 1.29 is 10.2 Å².